The van der Waals surface area contributed by atoms with Crippen molar-refractivity contribution < 1.29 is 4.79 Å². The first-order chi connectivity index (χ1) is 9.66. The smallest absolute Gasteiger partial charge is 0.264 e. The van der Waals surface area contributed by atoms with Crippen molar-refractivity contribution in [2.24, 2.45) is 0 Å². The molecule has 0 bridgehead atoms. The van der Waals surface area contributed by atoms with E-state index >= 15 is 0 Å². The Bertz CT molecular complexity index is 751. The van der Waals surface area contributed by atoms with Gasteiger partial charge in [-0.25, -0.2) is 4.98 Å². The minimum absolute atomic E-state index is 0.139. The highest BCUT2D eigenvalue weighted by Gasteiger charge is 2.19. The van der Waals surface area contributed by atoms with Crippen LogP contribution in [0, 0.1) is 0 Å². The van der Waals surface area contributed by atoms with E-state index in [1.54, 1.807) is 12.4 Å². The summed E-state index contributed by atoms with van der Waals surface area (Å²) in [6.45, 7) is 1.90. The maximum atomic E-state index is 12.3. The number of nitrogen functional groups attached to an aromatic ring is 1. The molecule has 1 amide bonds. The number of carbonyl (C=O) groups excluding carboxylic acids is 1. The maximum absolute atomic E-state index is 12.3. The number of carbonyl (C=O) groups is 1. The lowest BCUT2D eigenvalue weighted by atomic mass is 10.3. The molecule has 0 aliphatic heterocycles. The third kappa shape index (κ3) is 2.25. The van der Waals surface area contributed by atoms with Crippen LogP contribution in [0.2, 0.25) is 0 Å². The fraction of sp³-hybridized carbons (Fsp3) is 0.154. The zero-order chi connectivity index (χ0) is 14.1. The Balaban J connectivity index is 1.87. The number of nitrogens with zero attached hydrogens (tertiary/aromatic N) is 2. The number of amides is 1. The average molecular weight is 304 g/mol. The summed E-state index contributed by atoms with van der Waals surface area (Å²) in [4.78, 5) is 21.2. The summed E-state index contributed by atoms with van der Waals surface area (Å²) in [6.07, 6.45) is 3.39. The lowest BCUT2D eigenvalue weighted by molar-refractivity contribution is 0.0945. The van der Waals surface area contributed by atoms with E-state index in [0.29, 0.717) is 16.1 Å². The molecule has 3 heterocycles. The fourth-order valence-electron chi connectivity index (χ4n) is 1.89. The highest BCUT2D eigenvalue weighted by atomic mass is 32.1. The van der Waals surface area contributed by atoms with Gasteiger partial charge in [0.05, 0.1) is 16.4 Å². The Morgan fingerprint density at radius 1 is 1.40 bits per heavy atom. The summed E-state index contributed by atoms with van der Waals surface area (Å²) in [5, 5.41) is 5.67. The van der Waals surface area contributed by atoms with Gasteiger partial charge in [-0.2, -0.15) is 0 Å². The van der Waals surface area contributed by atoms with Crippen LogP contribution in [0.5, 0.6) is 0 Å². The molecule has 0 radical (unpaired) electrons. The lowest BCUT2D eigenvalue weighted by Gasteiger charge is -2.10. The molecule has 0 fully saturated rings. The fourth-order valence-corrected chi connectivity index (χ4v) is 3.52. The van der Waals surface area contributed by atoms with Crippen molar-refractivity contribution in [2.45, 2.75) is 13.0 Å². The third-order valence-electron chi connectivity index (χ3n) is 2.86. The third-order valence-corrected chi connectivity index (χ3v) is 4.98. The SMILES string of the molecule is CC(NC(=O)c1sc2cccnc2c1N)c1nccs1. The van der Waals surface area contributed by atoms with Crippen molar-refractivity contribution in [3.05, 3.63) is 39.8 Å². The van der Waals surface area contributed by atoms with Crippen molar-refractivity contribution in [1.29, 1.82) is 0 Å². The predicted molar refractivity (Wildman–Crippen MR) is 82.0 cm³/mol. The van der Waals surface area contributed by atoms with Crippen LogP contribution in [-0.2, 0) is 0 Å². The number of aromatic nitrogens is 2. The van der Waals surface area contributed by atoms with E-state index < -0.39 is 0 Å². The summed E-state index contributed by atoms with van der Waals surface area (Å²) >= 11 is 2.87. The van der Waals surface area contributed by atoms with Crippen LogP contribution in [-0.4, -0.2) is 15.9 Å². The van der Waals surface area contributed by atoms with Gasteiger partial charge in [0.2, 0.25) is 0 Å². The van der Waals surface area contributed by atoms with Crippen molar-refractivity contribution in [3.63, 3.8) is 0 Å². The molecule has 0 saturated heterocycles. The number of pyridine rings is 1. The van der Waals surface area contributed by atoms with E-state index in [-0.39, 0.29) is 11.9 Å². The van der Waals surface area contributed by atoms with Crippen molar-refractivity contribution >= 4 is 44.5 Å². The Morgan fingerprint density at radius 3 is 2.95 bits per heavy atom. The summed E-state index contributed by atoms with van der Waals surface area (Å²) in [7, 11) is 0. The van der Waals surface area contributed by atoms with Gasteiger partial charge in [-0.3, -0.25) is 9.78 Å². The van der Waals surface area contributed by atoms with Crippen LogP contribution in [0.25, 0.3) is 10.2 Å². The summed E-state index contributed by atoms with van der Waals surface area (Å²) in [6, 6.07) is 3.60. The van der Waals surface area contributed by atoms with Gasteiger partial charge in [0.25, 0.3) is 5.91 Å². The number of hydrogen-bond acceptors (Lipinski definition) is 6. The van der Waals surface area contributed by atoms with E-state index in [9.17, 15) is 4.79 Å². The molecule has 0 aliphatic rings. The lowest BCUT2D eigenvalue weighted by Crippen LogP contribution is -2.26. The first kappa shape index (κ1) is 13.0. The van der Waals surface area contributed by atoms with Gasteiger partial charge in [0, 0.05) is 17.8 Å². The minimum atomic E-state index is -0.187. The van der Waals surface area contributed by atoms with E-state index in [4.69, 9.17) is 5.73 Å². The van der Waals surface area contributed by atoms with Crippen LogP contribution in [0.1, 0.15) is 27.6 Å². The molecule has 102 valence electrons. The number of hydrogen-bond donors (Lipinski definition) is 2. The highest BCUT2D eigenvalue weighted by Crippen LogP contribution is 2.32. The number of fused-ring (bicyclic) bond motifs is 1. The largest absolute Gasteiger partial charge is 0.396 e. The standard InChI is InChI=1S/C13H12N4OS2/c1-7(13-16-5-6-19-13)17-12(18)11-9(14)10-8(20-11)3-2-4-15-10/h2-7H,14H2,1H3,(H,17,18). The molecule has 5 nitrogen and oxygen atoms in total. The number of thiazole rings is 1. The first-order valence-corrected chi connectivity index (χ1v) is 7.69. The summed E-state index contributed by atoms with van der Waals surface area (Å²) in [5.41, 5.74) is 7.13. The van der Waals surface area contributed by atoms with Crippen molar-refractivity contribution in [3.8, 4) is 0 Å². The van der Waals surface area contributed by atoms with E-state index in [1.807, 2.05) is 24.4 Å². The van der Waals surface area contributed by atoms with Gasteiger partial charge in [-0.1, -0.05) is 0 Å². The number of nitrogens with two attached hydrogens (primary N) is 1. The molecule has 0 aliphatic carbocycles. The average Bonchev–Trinajstić information content (AvgIpc) is 3.07. The number of nitrogens with one attached hydrogen (secondary N) is 1. The van der Waals surface area contributed by atoms with Crippen LogP contribution < -0.4 is 11.1 Å². The number of thiophene rings is 1. The molecule has 0 spiro atoms. The molecule has 3 aromatic rings. The molecule has 20 heavy (non-hydrogen) atoms. The second kappa shape index (κ2) is 5.18. The highest BCUT2D eigenvalue weighted by molar-refractivity contribution is 7.21. The first-order valence-electron chi connectivity index (χ1n) is 6.00. The second-order valence-corrected chi connectivity index (χ2v) is 6.24. The molecule has 0 aromatic carbocycles. The van der Waals surface area contributed by atoms with Crippen LogP contribution >= 0.6 is 22.7 Å². The number of rotatable bonds is 3. The van der Waals surface area contributed by atoms with Gasteiger partial charge < -0.3 is 11.1 Å². The molecular weight excluding hydrogens is 292 g/mol. The Labute approximate surface area is 123 Å². The molecule has 3 rings (SSSR count). The molecular formula is C13H12N4OS2. The van der Waals surface area contributed by atoms with E-state index in [2.05, 4.69) is 15.3 Å². The number of anilines is 1. The summed E-state index contributed by atoms with van der Waals surface area (Å²) in [5.74, 6) is -0.187. The van der Waals surface area contributed by atoms with Crippen molar-refractivity contribution in [2.75, 3.05) is 5.73 Å². The Hall–Kier alpha value is -1.99. The van der Waals surface area contributed by atoms with Gasteiger partial charge in [-0.05, 0) is 19.1 Å². The molecule has 7 heteroatoms. The topological polar surface area (TPSA) is 80.9 Å². The van der Waals surface area contributed by atoms with Gasteiger partial charge in [0.1, 0.15) is 15.4 Å². The monoisotopic (exact) mass is 304 g/mol. The molecule has 1 unspecified atom stereocenters. The van der Waals surface area contributed by atoms with E-state index in [0.717, 1.165) is 9.71 Å². The quantitative estimate of drug-likeness (QED) is 0.779. The van der Waals surface area contributed by atoms with Gasteiger partial charge in [-0.15, -0.1) is 22.7 Å². The maximum Gasteiger partial charge on any atom is 0.264 e. The van der Waals surface area contributed by atoms with Gasteiger partial charge in [0.15, 0.2) is 0 Å². The zero-order valence-corrected chi connectivity index (χ0v) is 12.3. The Kier molecular flexibility index (Phi) is 3.37. The molecule has 3 N–H and O–H groups in total. The normalized spacial score (nSPS) is 12.4. The molecule has 1 atom stereocenters. The van der Waals surface area contributed by atoms with Crippen molar-refractivity contribution in [1.82, 2.24) is 15.3 Å². The predicted octanol–water partition coefficient (Wildman–Crippen LogP) is 2.83. The van der Waals surface area contributed by atoms with Crippen LogP contribution in [0.15, 0.2) is 29.9 Å². The molecule has 3 aromatic heterocycles. The Morgan fingerprint density at radius 2 is 2.25 bits per heavy atom. The van der Waals surface area contributed by atoms with Gasteiger partial charge >= 0.3 is 0 Å². The molecule has 0 saturated carbocycles. The second-order valence-electron chi connectivity index (χ2n) is 4.26. The van der Waals surface area contributed by atoms with E-state index in [1.165, 1.54) is 22.7 Å². The van der Waals surface area contributed by atoms with Crippen LogP contribution in [0.4, 0.5) is 5.69 Å². The minimum Gasteiger partial charge on any atom is -0.396 e. The summed E-state index contributed by atoms with van der Waals surface area (Å²) < 4.78 is 0.914. The zero-order valence-electron chi connectivity index (χ0n) is 10.7. The van der Waals surface area contributed by atoms with Crippen LogP contribution in [0.3, 0.4) is 0 Å².